The summed E-state index contributed by atoms with van der Waals surface area (Å²) in [6, 6.07) is 4.33. The Kier molecular flexibility index (Phi) is 7.60. The third kappa shape index (κ3) is 6.89. The van der Waals surface area contributed by atoms with Crippen molar-refractivity contribution in [3.63, 3.8) is 0 Å². The molecule has 1 N–H and O–H groups in total. The van der Waals surface area contributed by atoms with E-state index in [1.165, 1.54) is 18.2 Å². The zero-order chi connectivity index (χ0) is 23.4. The van der Waals surface area contributed by atoms with Crippen LogP contribution in [-0.4, -0.2) is 52.1 Å². The number of ether oxygens (including phenoxy) is 1. The van der Waals surface area contributed by atoms with E-state index in [-0.39, 0.29) is 43.7 Å². The molecular formula is C16H15ClN4O7S3. The molecule has 0 aliphatic rings. The van der Waals surface area contributed by atoms with Crippen LogP contribution in [0.5, 0.6) is 11.5 Å². The number of benzene rings is 1. The van der Waals surface area contributed by atoms with Crippen molar-refractivity contribution in [2.45, 2.75) is 11.3 Å². The minimum atomic E-state index is -3.89. The molecule has 2 aromatic rings. The van der Waals surface area contributed by atoms with E-state index in [1.807, 2.05) is 0 Å². The highest BCUT2D eigenvalue weighted by Gasteiger charge is 2.19. The van der Waals surface area contributed by atoms with Gasteiger partial charge >= 0.3 is 10.1 Å². The Morgan fingerprint density at radius 1 is 1.29 bits per heavy atom. The van der Waals surface area contributed by atoms with Crippen molar-refractivity contribution >= 4 is 60.0 Å². The van der Waals surface area contributed by atoms with Crippen LogP contribution < -0.4 is 14.2 Å². The van der Waals surface area contributed by atoms with Crippen LogP contribution in [0.25, 0.3) is 6.08 Å². The number of aromatic nitrogens is 2. The van der Waals surface area contributed by atoms with Gasteiger partial charge in [-0.1, -0.05) is 22.9 Å². The van der Waals surface area contributed by atoms with Crippen LogP contribution in [0.15, 0.2) is 22.0 Å². The van der Waals surface area contributed by atoms with Crippen molar-refractivity contribution in [3.8, 4) is 17.6 Å². The number of hydrogen-bond acceptors (Lipinski definition) is 11. The number of nitrogens with zero attached hydrogens (tertiary/aromatic N) is 3. The van der Waals surface area contributed by atoms with Gasteiger partial charge in [0, 0.05) is 6.26 Å². The highest BCUT2D eigenvalue weighted by atomic mass is 35.5. The van der Waals surface area contributed by atoms with Gasteiger partial charge in [-0.25, -0.2) is 8.42 Å². The molecule has 1 heterocycles. The molecule has 0 bridgehead atoms. The summed E-state index contributed by atoms with van der Waals surface area (Å²) in [5.41, 5.74) is -0.124. The molecule has 0 fully saturated rings. The standard InChI is InChI=1S/C16H15ClN4O7S3/c1-4-27-12-7-9(6-11(17)13(12)28-31(3,25)26)5-10(8-18)14(22)19-15-20-21-16(29-15)30(2,23)24/h5-7H,4H2,1-3H3,(H,19,20,22)/b10-5-. The molecule has 0 atom stereocenters. The molecule has 31 heavy (non-hydrogen) atoms. The predicted molar refractivity (Wildman–Crippen MR) is 113 cm³/mol. The van der Waals surface area contributed by atoms with Gasteiger partial charge in [0.1, 0.15) is 11.6 Å². The van der Waals surface area contributed by atoms with Crippen molar-refractivity contribution in [2.75, 3.05) is 24.4 Å². The van der Waals surface area contributed by atoms with Crippen LogP contribution >= 0.6 is 22.9 Å². The largest absolute Gasteiger partial charge is 0.490 e. The fourth-order valence-electron chi connectivity index (χ4n) is 2.06. The van der Waals surface area contributed by atoms with Gasteiger partial charge in [-0.2, -0.15) is 13.7 Å². The van der Waals surface area contributed by atoms with Gasteiger partial charge in [0.2, 0.25) is 25.1 Å². The molecule has 11 nitrogen and oxygen atoms in total. The molecule has 0 unspecified atom stereocenters. The molecule has 0 saturated heterocycles. The van der Waals surface area contributed by atoms with Crippen molar-refractivity contribution in [2.24, 2.45) is 0 Å². The van der Waals surface area contributed by atoms with Gasteiger partial charge in [-0.15, -0.1) is 10.2 Å². The summed E-state index contributed by atoms with van der Waals surface area (Å²) < 4.78 is 55.7. The van der Waals surface area contributed by atoms with E-state index < -0.39 is 25.9 Å². The van der Waals surface area contributed by atoms with Crippen molar-refractivity contribution in [1.29, 1.82) is 5.26 Å². The molecule has 15 heteroatoms. The summed E-state index contributed by atoms with van der Waals surface area (Å²) in [7, 11) is -7.48. The molecular weight excluding hydrogens is 492 g/mol. The van der Waals surface area contributed by atoms with Crippen LogP contribution in [0.1, 0.15) is 12.5 Å². The number of halogens is 1. The molecule has 0 spiro atoms. The van der Waals surface area contributed by atoms with Gasteiger partial charge < -0.3 is 8.92 Å². The zero-order valence-electron chi connectivity index (χ0n) is 16.2. The Morgan fingerprint density at radius 3 is 2.48 bits per heavy atom. The number of amides is 1. The van der Waals surface area contributed by atoms with E-state index in [1.54, 1.807) is 13.0 Å². The van der Waals surface area contributed by atoms with Gasteiger partial charge in [-0.3, -0.25) is 10.1 Å². The number of hydrogen-bond donors (Lipinski definition) is 1. The average Bonchev–Trinajstić information content (AvgIpc) is 3.10. The van der Waals surface area contributed by atoms with Crippen molar-refractivity contribution in [1.82, 2.24) is 10.2 Å². The Labute approximate surface area is 187 Å². The number of nitriles is 1. The monoisotopic (exact) mass is 506 g/mol. The van der Waals surface area contributed by atoms with E-state index in [4.69, 9.17) is 20.5 Å². The van der Waals surface area contributed by atoms with Crippen molar-refractivity contribution < 1.29 is 30.6 Å². The fraction of sp³-hybridized carbons (Fsp3) is 0.250. The van der Waals surface area contributed by atoms with E-state index in [2.05, 4.69) is 15.5 Å². The summed E-state index contributed by atoms with van der Waals surface area (Å²) in [6.07, 6.45) is 2.96. The second kappa shape index (κ2) is 9.60. The first-order valence-corrected chi connectivity index (χ1v) is 13.1. The molecule has 166 valence electrons. The first-order valence-electron chi connectivity index (χ1n) is 8.16. The molecule has 0 saturated carbocycles. The number of anilines is 1. The summed E-state index contributed by atoms with van der Waals surface area (Å²) >= 11 is 6.73. The highest BCUT2D eigenvalue weighted by Crippen LogP contribution is 2.38. The van der Waals surface area contributed by atoms with E-state index >= 15 is 0 Å². The number of carbonyl (C=O) groups is 1. The highest BCUT2D eigenvalue weighted by molar-refractivity contribution is 7.92. The second-order valence-corrected chi connectivity index (χ2v) is 11.0. The summed E-state index contributed by atoms with van der Waals surface area (Å²) in [5, 5.41) is 18.4. The first kappa shape index (κ1) is 24.5. The van der Waals surface area contributed by atoms with Gasteiger partial charge in [-0.05, 0) is 30.7 Å². The Morgan fingerprint density at radius 2 is 1.97 bits per heavy atom. The van der Waals surface area contributed by atoms with Gasteiger partial charge in [0.15, 0.2) is 5.75 Å². The lowest BCUT2D eigenvalue weighted by Crippen LogP contribution is -2.13. The lowest BCUT2D eigenvalue weighted by atomic mass is 10.1. The molecule has 0 aliphatic heterocycles. The minimum Gasteiger partial charge on any atom is -0.490 e. The maximum atomic E-state index is 12.4. The minimum absolute atomic E-state index is 0.00806. The Hall–Kier alpha value is -2.73. The van der Waals surface area contributed by atoms with Crippen molar-refractivity contribution in [3.05, 3.63) is 28.3 Å². The maximum Gasteiger partial charge on any atom is 0.306 e. The van der Waals surface area contributed by atoms with E-state index in [9.17, 15) is 26.9 Å². The molecule has 1 aromatic heterocycles. The van der Waals surface area contributed by atoms with Gasteiger partial charge in [0.05, 0.1) is 17.9 Å². The number of rotatable bonds is 8. The smallest absolute Gasteiger partial charge is 0.306 e. The maximum absolute atomic E-state index is 12.4. The third-order valence-electron chi connectivity index (χ3n) is 3.19. The molecule has 1 aromatic carbocycles. The molecule has 0 aliphatic carbocycles. The zero-order valence-corrected chi connectivity index (χ0v) is 19.4. The molecule has 1 amide bonds. The first-order chi connectivity index (χ1) is 14.3. The molecule has 2 rings (SSSR count). The Bertz CT molecular complexity index is 1290. The SMILES string of the molecule is CCOc1cc(/C=C(/C#N)C(=O)Nc2nnc(S(C)(=O)=O)s2)cc(Cl)c1OS(C)(=O)=O. The van der Waals surface area contributed by atoms with Crippen LogP contribution in [0.2, 0.25) is 5.02 Å². The van der Waals surface area contributed by atoms with Crippen LogP contribution in [0.3, 0.4) is 0 Å². The predicted octanol–water partition coefficient (Wildman–Crippen LogP) is 1.88. The van der Waals surface area contributed by atoms with E-state index in [0.29, 0.717) is 11.3 Å². The summed E-state index contributed by atoms with van der Waals surface area (Å²) in [5.74, 6) is -1.11. The lowest BCUT2D eigenvalue weighted by Gasteiger charge is -2.13. The number of sulfone groups is 1. The average molecular weight is 507 g/mol. The van der Waals surface area contributed by atoms with Crippen LogP contribution in [0.4, 0.5) is 5.13 Å². The summed E-state index contributed by atoms with van der Waals surface area (Å²) in [6.45, 7) is 1.82. The third-order valence-corrected chi connectivity index (χ3v) is 6.44. The van der Waals surface area contributed by atoms with Crippen LogP contribution in [0, 0.1) is 11.3 Å². The quantitative estimate of drug-likeness (QED) is 0.241. The number of nitrogens with one attached hydrogen (secondary N) is 1. The van der Waals surface area contributed by atoms with Gasteiger partial charge in [0.25, 0.3) is 5.91 Å². The Balaban J connectivity index is 2.37. The van der Waals surface area contributed by atoms with E-state index in [0.717, 1.165) is 12.5 Å². The lowest BCUT2D eigenvalue weighted by molar-refractivity contribution is -0.112. The topological polar surface area (TPSA) is 165 Å². The second-order valence-electron chi connectivity index (χ2n) is 5.82. The number of carbonyl (C=O) groups excluding carboxylic acids is 1. The normalized spacial score (nSPS) is 12.2. The van der Waals surface area contributed by atoms with Crippen LogP contribution in [-0.2, 0) is 24.7 Å². The molecule has 0 radical (unpaired) electrons. The summed E-state index contributed by atoms with van der Waals surface area (Å²) in [4.78, 5) is 12.4. The fourth-order valence-corrected chi connectivity index (χ4v) is 4.34.